The van der Waals surface area contributed by atoms with Gasteiger partial charge >= 0.3 is 0 Å². The van der Waals surface area contributed by atoms with E-state index in [1.54, 1.807) is 24.5 Å². The van der Waals surface area contributed by atoms with Crippen LogP contribution in [0.15, 0.2) is 36.7 Å². The number of aromatic nitrogens is 4. The fourth-order valence-corrected chi connectivity index (χ4v) is 1.01. The van der Waals surface area contributed by atoms with Crippen molar-refractivity contribution >= 4 is 34.2 Å². The molecule has 0 aromatic carbocycles. The monoisotopic (exact) mass is 382 g/mol. The highest BCUT2D eigenvalue weighted by molar-refractivity contribution is 14.1. The quantitative estimate of drug-likeness (QED) is 0.629. The van der Waals surface area contributed by atoms with Crippen LogP contribution in [0.5, 0.6) is 0 Å². The molecule has 0 radical (unpaired) electrons. The molecule has 2 heterocycles. The van der Waals surface area contributed by atoms with Crippen LogP contribution in [-0.4, -0.2) is 20.4 Å². The number of hydrogen-bond acceptors (Lipinski definition) is 4. The molecule has 0 atom stereocenters. The van der Waals surface area contributed by atoms with Gasteiger partial charge in [-0.2, -0.15) is 10.2 Å². The van der Waals surface area contributed by atoms with Crippen LogP contribution in [0, 0.1) is 3.70 Å². The molecule has 0 spiro atoms. The fourth-order valence-electron chi connectivity index (χ4n) is 0.565. The van der Waals surface area contributed by atoms with Gasteiger partial charge in [-0.3, -0.25) is 0 Å². The summed E-state index contributed by atoms with van der Waals surface area (Å²) >= 11 is 7.47. The maximum Gasteiger partial charge on any atom is 0.151 e. The van der Waals surface area contributed by atoms with E-state index in [0.29, 0.717) is 5.15 Å². The molecule has 0 aliphatic heterocycles. The van der Waals surface area contributed by atoms with Crippen LogP contribution in [-0.2, 0) is 0 Å². The zero-order valence-electron chi connectivity index (χ0n) is 11.0. The molecule has 0 saturated carbocycles. The Morgan fingerprint density at radius 3 is 1.61 bits per heavy atom. The molecule has 2 rings (SSSR count). The van der Waals surface area contributed by atoms with Crippen LogP contribution in [0.2, 0.25) is 5.15 Å². The van der Waals surface area contributed by atoms with E-state index in [-0.39, 0.29) is 1.43 Å². The number of rotatable bonds is 0. The largest absolute Gasteiger partial charge is 0.158 e. The maximum atomic E-state index is 5.37. The molecule has 0 saturated heterocycles. The first-order valence-electron chi connectivity index (χ1n) is 5.65. The summed E-state index contributed by atoms with van der Waals surface area (Å²) in [6, 6.07) is 7.16. The smallest absolute Gasteiger partial charge is 0.151 e. The maximum absolute atomic E-state index is 5.37. The van der Waals surface area contributed by atoms with Gasteiger partial charge in [-0.05, 0) is 46.9 Å². The Labute approximate surface area is 129 Å². The van der Waals surface area contributed by atoms with Crippen molar-refractivity contribution in [1.29, 1.82) is 0 Å². The van der Waals surface area contributed by atoms with Gasteiger partial charge in [-0.15, -0.1) is 10.2 Å². The summed E-state index contributed by atoms with van der Waals surface area (Å²) in [5.41, 5.74) is 0. The van der Waals surface area contributed by atoms with Crippen LogP contribution in [0.3, 0.4) is 0 Å². The van der Waals surface area contributed by atoms with Crippen molar-refractivity contribution in [2.75, 3.05) is 0 Å². The molecule has 0 aliphatic carbocycles. The van der Waals surface area contributed by atoms with E-state index in [1.807, 2.05) is 39.8 Å². The first-order chi connectivity index (χ1) is 8.79. The highest BCUT2D eigenvalue weighted by Crippen LogP contribution is 1.96. The summed E-state index contributed by atoms with van der Waals surface area (Å²) < 4.78 is 0.931. The van der Waals surface area contributed by atoms with Crippen molar-refractivity contribution < 1.29 is 1.43 Å². The molecular weight excluding hydrogens is 363 g/mol. The summed E-state index contributed by atoms with van der Waals surface area (Å²) in [5, 5.41) is 14.8. The Morgan fingerprint density at radius 2 is 1.44 bits per heavy atom. The lowest BCUT2D eigenvalue weighted by Gasteiger charge is -1.78. The summed E-state index contributed by atoms with van der Waals surface area (Å²) in [5.74, 6) is 0. The molecule has 0 unspecified atom stereocenters. The molecule has 4 nitrogen and oxygen atoms in total. The minimum atomic E-state index is 0. The van der Waals surface area contributed by atoms with Gasteiger partial charge in [0.05, 0.1) is 0 Å². The van der Waals surface area contributed by atoms with E-state index >= 15 is 0 Å². The summed E-state index contributed by atoms with van der Waals surface area (Å²) in [6.07, 6.45) is 3.23. The van der Waals surface area contributed by atoms with Crippen LogP contribution in [0.25, 0.3) is 0 Å². The Balaban J connectivity index is -0.000000205. The summed E-state index contributed by atoms with van der Waals surface area (Å²) in [7, 11) is 0. The van der Waals surface area contributed by atoms with Crippen molar-refractivity contribution in [3.05, 3.63) is 45.5 Å². The lowest BCUT2D eigenvalue weighted by molar-refractivity contribution is 1.00. The van der Waals surface area contributed by atoms with E-state index in [2.05, 4.69) is 43.0 Å². The lowest BCUT2D eigenvalue weighted by Crippen LogP contribution is -1.79. The average molecular weight is 383 g/mol. The van der Waals surface area contributed by atoms with Gasteiger partial charge in [0.1, 0.15) is 3.70 Å². The minimum Gasteiger partial charge on any atom is -0.158 e. The SMILES string of the molecule is CC.CC.Clc1cccnn1.Ic1cccnn1.[HH]. The van der Waals surface area contributed by atoms with Crippen LogP contribution >= 0.6 is 34.2 Å². The lowest BCUT2D eigenvalue weighted by atomic mass is 10.6. The molecule has 2 aromatic rings. The molecule has 0 bridgehead atoms. The normalized spacial score (nSPS) is 7.44. The third-order valence-electron chi connectivity index (χ3n) is 1.08. The highest BCUT2D eigenvalue weighted by Gasteiger charge is 1.78. The first kappa shape index (κ1) is 19.5. The molecule has 6 heteroatoms. The predicted octanol–water partition coefficient (Wildman–Crippen LogP) is 4.51. The Bertz CT molecular complexity index is 327. The second-order valence-corrected chi connectivity index (χ2v) is 3.59. The van der Waals surface area contributed by atoms with Gasteiger partial charge < -0.3 is 0 Å². The number of halogens is 2. The summed E-state index contributed by atoms with van der Waals surface area (Å²) in [4.78, 5) is 0. The van der Waals surface area contributed by atoms with Gasteiger partial charge in [-0.25, -0.2) is 0 Å². The highest BCUT2D eigenvalue weighted by atomic mass is 127. The second-order valence-electron chi connectivity index (χ2n) is 2.09. The van der Waals surface area contributed by atoms with Crippen LogP contribution in [0.4, 0.5) is 0 Å². The second kappa shape index (κ2) is 16.2. The molecule has 102 valence electrons. The van der Waals surface area contributed by atoms with E-state index in [4.69, 9.17) is 11.6 Å². The minimum absolute atomic E-state index is 0. The van der Waals surface area contributed by atoms with Crippen molar-refractivity contribution in [1.82, 2.24) is 20.4 Å². The Kier molecular flexibility index (Phi) is 17.5. The number of hydrogen-bond donors (Lipinski definition) is 0. The van der Waals surface area contributed by atoms with E-state index in [9.17, 15) is 0 Å². The third kappa shape index (κ3) is 13.2. The average Bonchev–Trinajstić information content (AvgIpc) is 2.46. The van der Waals surface area contributed by atoms with Crippen LogP contribution < -0.4 is 0 Å². The predicted molar refractivity (Wildman–Crippen MR) is 86.6 cm³/mol. The fraction of sp³-hybridized carbons (Fsp3) is 0.333. The molecule has 0 fully saturated rings. The molecule has 18 heavy (non-hydrogen) atoms. The molecule has 0 N–H and O–H groups in total. The van der Waals surface area contributed by atoms with Crippen molar-refractivity contribution in [2.45, 2.75) is 27.7 Å². The standard InChI is InChI=1S/C4H3ClN2.C4H3IN2.2C2H6.H2/c2*5-4-2-1-3-6-7-4;2*1-2;/h2*1-3H;2*1-2H3;1H. The van der Waals surface area contributed by atoms with E-state index in [1.165, 1.54) is 0 Å². The van der Waals surface area contributed by atoms with Gasteiger partial charge in [0.2, 0.25) is 0 Å². The Morgan fingerprint density at radius 1 is 0.944 bits per heavy atom. The van der Waals surface area contributed by atoms with E-state index < -0.39 is 0 Å². The van der Waals surface area contributed by atoms with Crippen molar-refractivity contribution in [3.8, 4) is 0 Å². The van der Waals surface area contributed by atoms with Gasteiger partial charge in [0.25, 0.3) is 0 Å². The molecular formula is C12H20ClIN4. The van der Waals surface area contributed by atoms with Crippen LogP contribution in [0.1, 0.15) is 29.1 Å². The topological polar surface area (TPSA) is 51.6 Å². The van der Waals surface area contributed by atoms with Gasteiger partial charge in [0, 0.05) is 13.8 Å². The molecule has 2 aromatic heterocycles. The van der Waals surface area contributed by atoms with E-state index in [0.717, 1.165) is 3.70 Å². The zero-order valence-corrected chi connectivity index (χ0v) is 13.9. The first-order valence-corrected chi connectivity index (χ1v) is 7.11. The Hall–Kier alpha value is -0.820. The van der Waals surface area contributed by atoms with Crippen molar-refractivity contribution in [2.24, 2.45) is 0 Å². The molecule has 0 amide bonds. The van der Waals surface area contributed by atoms with Gasteiger partial charge in [0.15, 0.2) is 5.15 Å². The third-order valence-corrected chi connectivity index (χ3v) is 1.86. The zero-order chi connectivity index (χ0) is 14.2. The summed E-state index contributed by atoms with van der Waals surface area (Å²) in [6.45, 7) is 8.00. The van der Waals surface area contributed by atoms with Crippen molar-refractivity contribution in [3.63, 3.8) is 0 Å². The number of nitrogens with zero attached hydrogens (tertiary/aromatic N) is 4. The molecule has 0 aliphatic rings. The van der Waals surface area contributed by atoms with Gasteiger partial charge in [-0.1, -0.05) is 39.3 Å².